The SMILES string of the molecule is c1cc2c3c4c(ccc3c1)NCCC4C2. The van der Waals surface area contributed by atoms with Crippen molar-refractivity contribution in [1.29, 1.82) is 0 Å². The first-order valence-electron chi connectivity index (χ1n) is 5.72. The molecule has 15 heavy (non-hydrogen) atoms. The Morgan fingerprint density at radius 1 is 1.13 bits per heavy atom. The molecular formula is C14H13N. The minimum atomic E-state index is 0.780. The van der Waals surface area contributed by atoms with Crippen molar-refractivity contribution in [1.82, 2.24) is 0 Å². The highest BCUT2D eigenvalue weighted by Gasteiger charge is 2.29. The number of hydrogen-bond donors (Lipinski definition) is 1. The Kier molecular flexibility index (Phi) is 1.31. The fraction of sp³-hybridized carbons (Fsp3) is 0.286. The van der Waals surface area contributed by atoms with Crippen LogP contribution in [0.5, 0.6) is 0 Å². The van der Waals surface area contributed by atoms with Gasteiger partial charge in [0.25, 0.3) is 0 Å². The minimum absolute atomic E-state index is 0.780. The number of hydrogen-bond acceptors (Lipinski definition) is 1. The van der Waals surface area contributed by atoms with E-state index >= 15 is 0 Å². The summed E-state index contributed by atoms with van der Waals surface area (Å²) in [6.45, 7) is 1.14. The zero-order valence-corrected chi connectivity index (χ0v) is 8.59. The summed E-state index contributed by atoms with van der Waals surface area (Å²) in [5.41, 5.74) is 4.52. The molecule has 1 atom stereocenters. The molecule has 4 rings (SSSR count). The van der Waals surface area contributed by atoms with Crippen LogP contribution in [0.15, 0.2) is 30.3 Å². The molecule has 1 unspecified atom stereocenters. The van der Waals surface area contributed by atoms with Crippen LogP contribution >= 0.6 is 0 Å². The molecule has 0 spiro atoms. The highest BCUT2D eigenvalue weighted by molar-refractivity contribution is 5.95. The summed E-state index contributed by atoms with van der Waals surface area (Å²) in [5.74, 6) is 0.780. The number of anilines is 1. The Labute approximate surface area is 89.1 Å². The van der Waals surface area contributed by atoms with Gasteiger partial charge in [0.15, 0.2) is 0 Å². The van der Waals surface area contributed by atoms with E-state index in [1.165, 1.54) is 29.3 Å². The first-order chi connectivity index (χ1) is 7.43. The second kappa shape index (κ2) is 2.54. The first kappa shape index (κ1) is 7.75. The molecular weight excluding hydrogens is 182 g/mol. The van der Waals surface area contributed by atoms with Gasteiger partial charge in [-0.1, -0.05) is 24.3 Å². The zero-order chi connectivity index (χ0) is 9.83. The molecule has 2 aromatic rings. The average Bonchev–Trinajstić information content (AvgIpc) is 2.66. The van der Waals surface area contributed by atoms with Gasteiger partial charge < -0.3 is 5.32 Å². The topological polar surface area (TPSA) is 12.0 Å². The molecule has 1 aliphatic heterocycles. The summed E-state index contributed by atoms with van der Waals surface area (Å²) >= 11 is 0. The van der Waals surface area contributed by atoms with Gasteiger partial charge in [0.2, 0.25) is 0 Å². The van der Waals surface area contributed by atoms with Crippen LogP contribution in [0.1, 0.15) is 23.5 Å². The summed E-state index contributed by atoms with van der Waals surface area (Å²) in [5, 5.41) is 6.47. The molecule has 0 fully saturated rings. The lowest BCUT2D eigenvalue weighted by Crippen LogP contribution is -2.15. The lowest BCUT2D eigenvalue weighted by molar-refractivity contribution is 0.648. The lowest BCUT2D eigenvalue weighted by Gasteiger charge is -2.23. The van der Waals surface area contributed by atoms with Crippen molar-refractivity contribution >= 4 is 16.5 Å². The van der Waals surface area contributed by atoms with Crippen LogP contribution in [0.3, 0.4) is 0 Å². The molecule has 0 radical (unpaired) electrons. The minimum Gasteiger partial charge on any atom is -0.385 e. The third kappa shape index (κ3) is 0.883. The van der Waals surface area contributed by atoms with Crippen LogP contribution in [0.2, 0.25) is 0 Å². The summed E-state index contributed by atoms with van der Waals surface area (Å²) in [6.07, 6.45) is 2.55. The lowest BCUT2D eigenvalue weighted by atomic mass is 9.92. The molecule has 0 bridgehead atoms. The number of benzene rings is 2. The van der Waals surface area contributed by atoms with E-state index in [9.17, 15) is 0 Å². The molecule has 1 nitrogen and oxygen atoms in total. The van der Waals surface area contributed by atoms with Gasteiger partial charge in [0, 0.05) is 12.2 Å². The van der Waals surface area contributed by atoms with Crippen molar-refractivity contribution in [3.8, 4) is 0 Å². The van der Waals surface area contributed by atoms with Crippen molar-refractivity contribution < 1.29 is 0 Å². The van der Waals surface area contributed by atoms with E-state index in [1.54, 1.807) is 11.1 Å². The average molecular weight is 195 g/mol. The van der Waals surface area contributed by atoms with E-state index in [1.807, 2.05) is 0 Å². The summed E-state index contributed by atoms with van der Waals surface area (Å²) in [7, 11) is 0. The Morgan fingerprint density at radius 2 is 2.13 bits per heavy atom. The molecule has 0 aromatic heterocycles. The highest BCUT2D eigenvalue weighted by Crippen LogP contribution is 2.45. The van der Waals surface area contributed by atoms with Gasteiger partial charge in [-0.05, 0) is 46.7 Å². The highest BCUT2D eigenvalue weighted by atomic mass is 14.9. The van der Waals surface area contributed by atoms with Gasteiger partial charge >= 0.3 is 0 Å². The van der Waals surface area contributed by atoms with Crippen molar-refractivity contribution in [2.24, 2.45) is 0 Å². The standard InChI is InChI=1S/C14H13N/c1-2-9-4-5-12-14-11(6-7-15-12)8-10(3-1)13(9)14/h1-5,11,15H,6-8H2. The molecule has 1 heterocycles. The third-order valence-corrected chi connectivity index (χ3v) is 3.85. The van der Waals surface area contributed by atoms with E-state index in [0.717, 1.165) is 12.5 Å². The quantitative estimate of drug-likeness (QED) is 0.680. The maximum atomic E-state index is 3.52. The third-order valence-electron chi connectivity index (χ3n) is 3.85. The van der Waals surface area contributed by atoms with Crippen LogP contribution in [0, 0.1) is 0 Å². The second-order valence-corrected chi connectivity index (χ2v) is 4.66. The van der Waals surface area contributed by atoms with Crippen molar-refractivity contribution in [2.45, 2.75) is 18.8 Å². The van der Waals surface area contributed by atoms with Crippen LogP contribution in [0.4, 0.5) is 5.69 Å². The van der Waals surface area contributed by atoms with E-state index in [0.29, 0.717) is 0 Å². The molecule has 1 heteroatoms. The normalized spacial score (nSPS) is 21.7. The monoisotopic (exact) mass is 195 g/mol. The van der Waals surface area contributed by atoms with Gasteiger partial charge in [-0.25, -0.2) is 0 Å². The van der Waals surface area contributed by atoms with Crippen LogP contribution < -0.4 is 5.32 Å². The summed E-state index contributed by atoms with van der Waals surface area (Å²) < 4.78 is 0. The molecule has 2 aromatic carbocycles. The van der Waals surface area contributed by atoms with Crippen molar-refractivity contribution in [3.05, 3.63) is 41.5 Å². The smallest absolute Gasteiger partial charge is 0.0382 e. The van der Waals surface area contributed by atoms with Gasteiger partial charge in [-0.3, -0.25) is 0 Å². The Morgan fingerprint density at radius 3 is 3.13 bits per heavy atom. The largest absolute Gasteiger partial charge is 0.385 e. The predicted molar refractivity (Wildman–Crippen MR) is 63.5 cm³/mol. The Bertz CT molecular complexity index is 557. The predicted octanol–water partition coefficient (Wildman–Crippen LogP) is 3.30. The van der Waals surface area contributed by atoms with Gasteiger partial charge in [0.05, 0.1) is 0 Å². The fourth-order valence-corrected chi connectivity index (χ4v) is 3.23. The molecule has 74 valence electrons. The molecule has 2 aliphatic rings. The Hall–Kier alpha value is -1.50. The fourth-order valence-electron chi connectivity index (χ4n) is 3.23. The van der Waals surface area contributed by atoms with E-state index in [-0.39, 0.29) is 0 Å². The number of nitrogens with one attached hydrogen (secondary N) is 1. The molecule has 0 saturated heterocycles. The van der Waals surface area contributed by atoms with E-state index in [2.05, 4.69) is 35.6 Å². The maximum absolute atomic E-state index is 3.52. The molecule has 1 aliphatic carbocycles. The summed E-state index contributed by atoms with van der Waals surface area (Å²) in [4.78, 5) is 0. The van der Waals surface area contributed by atoms with Crippen LogP contribution in [0.25, 0.3) is 10.8 Å². The molecule has 0 saturated carbocycles. The second-order valence-electron chi connectivity index (χ2n) is 4.66. The van der Waals surface area contributed by atoms with Gasteiger partial charge in [-0.2, -0.15) is 0 Å². The van der Waals surface area contributed by atoms with Gasteiger partial charge in [-0.15, -0.1) is 0 Å². The van der Waals surface area contributed by atoms with Crippen molar-refractivity contribution in [3.63, 3.8) is 0 Å². The van der Waals surface area contributed by atoms with E-state index < -0.39 is 0 Å². The first-order valence-corrected chi connectivity index (χ1v) is 5.72. The number of rotatable bonds is 0. The maximum Gasteiger partial charge on any atom is 0.0382 e. The van der Waals surface area contributed by atoms with Crippen LogP contribution in [-0.2, 0) is 6.42 Å². The van der Waals surface area contributed by atoms with Gasteiger partial charge in [0.1, 0.15) is 0 Å². The Balaban J connectivity index is 2.19. The van der Waals surface area contributed by atoms with Crippen LogP contribution in [-0.4, -0.2) is 6.54 Å². The molecule has 0 amide bonds. The van der Waals surface area contributed by atoms with Crippen molar-refractivity contribution in [2.75, 3.05) is 11.9 Å². The molecule has 1 N–H and O–H groups in total. The zero-order valence-electron chi connectivity index (χ0n) is 8.59. The van der Waals surface area contributed by atoms with E-state index in [4.69, 9.17) is 0 Å². The summed E-state index contributed by atoms with van der Waals surface area (Å²) in [6, 6.07) is 11.2.